The second kappa shape index (κ2) is 5.94. The summed E-state index contributed by atoms with van der Waals surface area (Å²) in [4.78, 5) is 11.3. The summed E-state index contributed by atoms with van der Waals surface area (Å²) in [5.41, 5.74) is 4.80. The lowest BCUT2D eigenvalue weighted by molar-refractivity contribution is -0.123. The summed E-state index contributed by atoms with van der Waals surface area (Å²) in [6.45, 7) is 4.25. The summed E-state index contributed by atoms with van der Waals surface area (Å²) in [6.07, 6.45) is 1.85. The molecule has 1 unspecified atom stereocenters. The molecule has 0 bridgehead atoms. The summed E-state index contributed by atoms with van der Waals surface area (Å²) in [6, 6.07) is 0. The Morgan fingerprint density at radius 3 is 2.62 bits per heavy atom. The van der Waals surface area contributed by atoms with Gasteiger partial charge in [-0.25, -0.2) is 0 Å². The van der Waals surface area contributed by atoms with E-state index in [-0.39, 0.29) is 12.5 Å². The quantitative estimate of drug-likeness (QED) is 0.549. The number of hydrogen-bond donors (Lipinski definition) is 3. The zero-order chi connectivity index (χ0) is 10.3. The van der Waals surface area contributed by atoms with Crippen molar-refractivity contribution >= 4 is 5.91 Å². The van der Waals surface area contributed by atoms with Crippen LogP contribution in [0, 0.1) is 0 Å². The van der Waals surface area contributed by atoms with Gasteiger partial charge < -0.3 is 16.2 Å². The molecule has 0 rings (SSSR count). The molecule has 0 aliphatic rings. The molecule has 0 saturated heterocycles. The fraction of sp³-hybridized carbons (Fsp3) is 0.889. The molecular weight excluding hydrogens is 168 g/mol. The molecule has 13 heavy (non-hydrogen) atoms. The molecule has 0 aromatic carbocycles. The maximum atomic E-state index is 11.3. The number of carbonyl (C=O) groups excluding carboxylic acids is 1. The Morgan fingerprint density at radius 1 is 1.62 bits per heavy atom. The van der Waals surface area contributed by atoms with E-state index in [1.165, 1.54) is 0 Å². The average molecular weight is 188 g/mol. The highest BCUT2D eigenvalue weighted by molar-refractivity contribution is 5.76. The lowest BCUT2D eigenvalue weighted by Crippen LogP contribution is -2.48. The molecule has 0 spiro atoms. The first-order chi connectivity index (χ1) is 6.08. The van der Waals surface area contributed by atoms with Crippen LogP contribution in [0.15, 0.2) is 0 Å². The van der Waals surface area contributed by atoms with Crippen molar-refractivity contribution in [3.63, 3.8) is 0 Å². The molecule has 4 nitrogen and oxygen atoms in total. The number of carbonyl (C=O) groups is 1. The second-order valence-electron chi connectivity index (χ2n) is 3.51. The molecule has 4 heteroatoms. The van der Waals surface area contributed by atoms with Crippen molar-refractivity contribution in [3.8, 4) is 0 Å². The summed E-state index contributed by atoms with van der Waals surface area (Å²) in [5, 5.41) is 11.8. The minimum atomic E-state index is -0.480. The third-order valence-electron chi connectivity index (χ3n) is 2.18. The van der Waals surface area contributed by atoms with Crippen LogP contribution in [0.4, 0.5) is 0 Å². The fourth-order valence-corrected chi connectivity index (χ4v) is 0.901. The van der Waals surface area contributed by atoms with Gasteiger partial charge in [-0.3, -0.25) is 4.79 Å². The highest BCUT2D eigenvalue weighted by Crippen LogP contribution is 2.07. The van der Waals surface area contributed by atoms with Crippen molar-refractivity contribution in [2.45, 2.75) is 38.6 Å². The average Bonchev–Trinajstić information content (AvgIpc) is 2.14. The SMILES string of the molecule is CCC(C)(CO)NC(=O)CCCN. The Labute approximate surface area is 79.5 Å². The van der Waals surface area contributed by atoms with E-state index in [2.05, 4.69) is 5.32 Å². The minimum Gasteiger partial charge on any atom is -0.394 e. The molecule has 1 atom stereocenters. The number of aliphatic hydroxyl groups is 1. The topological polar surface area (TPSA) is 75.3 Å². The van der Waals surface area contributed by atoms with Crippen LogP contribution in [0.2, 0.25) is 0 Å². The third kappa shape index (κ3) is 4.85. The predicted octanol–water partition coefficient (Wildman–Crippen LogP) is 0.00250. The largest absolute Gasteiger partial charge is 0.394 e. The van der Waals surface area contributed by atoms with E-state index < -0.39 is 5.54 Å². The molecule has 0 fully saturated rings. The molecule has 4 N–H and O–H groups in total. The Bertz CT molecular complexity index is 156. The van der Waals surface area contributed by atoms with Gasteiger partial charge in [0.2, 0.25) is 5.91 Å². The molecule has 0 aliphatic heterocycles. The highest BCUT2D eigenvalue weighted by Gasteiger charge is 2.22. The summed E-state index contributed by atoms with van der Waals surface area (Å²) >= 11 is 0. The number of nitrogens with one attached hydrogen (secondary N) is 1. The van der Waals surface area contributed by atoms with E-state index in [1.807, 2.05) is 13.8 Å². The number of aliphatic hydroxyl groups excluding tert-OH is 1. The number of rotatable bonds is 6. The second-order valence-corrected chi connectivity index (χ2v) is 3.51. The van der Waals surface area contributed by atoms with E-state index in [4.69, 9.17) is 10.8 Å². The summed E-state index contributed by atoms with van der Waals surface area (Å²) in [5.74, 6) is -0.0381. The lowest BCUT2D eigenvalue weighted by atomic mass is 10.00. The van der Waals surface area contributed by atoms with E-state index in [1.54, 1.807) is 0 Å². The van der Waals surface area contributed by atoms with E-state index >= 15 is 0 Å². The lowest BCUT2D eigenvalue weighted by Gasteiger charge is -2.27. The van der Waals surface area contributed by atoms with Gasteiger partial charge in [-0.1, -0.05) is 6.92 Å². The monoisotopic (exact) mass is 188 g/mol. The molecule has 1 amide bonds. The summed E-state index contributed by atoms with van der Waals surface area (Å²) < 4.78 is 0. The van der Waals surface area contributed by atoms with Gasteiger partial charge in [0, 0.05) is 6.42 Å². The maximum Gasteiger partial charge on any atom is 0.220 e. The normalized spacial score (nSPS) is 15.1. The van der Waals surface area contributed by atoms with E-state index in [9.17, 15) is 4.79 Å². The van der Waals surface area contributed by atoms with Gasteiger partial charge >= 0.3 is 0 Å². The van der Waals surface area contributed by atoms with Gasteiger partial charge in [0.05, 0.1) is 12.1 Å². The van der Waals surface area contributed by atoms with Gasteiger partial charge in [-0.05, 0) is 26.3 Å². The molecular formula is C9H20N2O2. The van der Waals surface area contributed by atoms with Gasteiger partial charge in [-0.2, -0.15) is 0 Å². The van der Waals surface area contributed by atoms with Crippen LogP contribution < -0.4 is 11.1 Å². The van der Waals surface area contributed by atoms with E-state index in [0.29, 0.717) is 19.4 Å². The molecule has 0 aliphatic carbocycles. The van der Waals surface area contributed by atoms with Crippen LogP contribution in [0.3, 0.4) is 0 Å². The first kappa shape index (κ1) is 12.4. The number of amides is 1. The van der Waals surface area contributed by atoms with Crippen LogP contribution in [-0.2, 0) is 4.79 Å². The molecule has 0 aromatic heterocycles. The van der Waals surface area contributed by atoms with Crippen LogP contribution in [-0.4, -0.2) is 29.7 Å². The van der Waals surface area contributed by atoms with Crippen LogP contribution in [0.25, 0.3) is 0 Å². The van der Waals surface area contributed by atoms with Gasteiger partial charge in [0.15, 0.2) is 0 Å². The Morgan fingerprint density at radius 2 is 2.23 bits per heavy atom. The van der Waals surface area contributed by atoms with Crippen molar-refractivity contribution in [1.82, 2.24) is 5.32 Å². The summed E-state index contributed by atoms with van der Waals surface area (Å²) in [7, 11) is 0. The highest BCUT2D eigenvalue weighted by atomic mass is 16.3. The molecule has 0 heterocycles. The van der Waals surface area contributed by atoms with Crippen LogP contribution >= 0.6 is 0 Å². The first-order valence-corrected chi connectivity index (χ1v) is 4.70. The molecule has 0 aromatic rings. The van der Waals surface area contributed by atoms with Crippen LogP contribution in [0.5, 0.6) is 0 Å². The van der Waals surface area contributed by atoms with Gasteiger partial charge in [0.25, 0.3) is 0 Å². The predicted molar refractivity (Wildman–Crippen MR) is 52.2 cm³/mol. The van der Waals surface area contributed by atoms with Crippen molar-refractivity contribution < 1.29 is 9.90 Å². The molecule has 0 saturated carbocycles. The molecule has 78 valence electrons. The Hall–Kier alpha value is -0.610. The molecule has 0 radical (unpaired) electrons. The Balaban J connectivity index is 3.87. The standard InChI is InChI=1S/C9H20N2O2/c1-3-9(2,7-12)11-8(13)5-4-6-10/h12H,3-7,10H2,1-2H3,(H,11,13). The van der Waals surface area contributed by atoms with Crippen molar-refractivity contribution in [3.05, 3.63) is 0 Å². The maximum absolute atomic E-state index is 11.3. The van der Waals surface area contributed by atoms with Crippen molar-refractivity contribution in [2.75, 3.05) is 13.2 Å². The zero-order valence-electron chi connectivity index (χ0n) is 8.47. The van der Waals surface area contributed by atoms with Gasteiger partial charge in [0.1, 0.15) is 0 Å². The number of nitrogens with two attached hydrogens (primary N) is 1. The fourth-order valence-electron chi connectivity index (χ4n) is 0.901. The van der Waals surface area contributed by atoms with Crippen LogP contribution in [0.1, 0.15) is 33.1 Å². The minimum absolute atomic E-state index is 0.0299. The van der Waals surface area contributed by atoms with Crippen molar-refractivity contribution in [2.24, 2.45) is 5.73 Å². The Kier molecular flexibility index (Phi) is 5.66. The first-order valence-electron chi connectivity index (χ1n) is 4.70. The zero-order valence-corrected chi connectivity index (χ0v) is 8.47. The smallest absolute Gasteiger partial charge is 0.220 e. The number of hydrogen-bond acceptors (Lipinski definition) is 3. The third-order valence-corrected chi connectivity index (χ3v) is 2.18. The van der Waals surface area contributed by atoms with Gasteiger partial charge in [-0.15, -0.1) is 0 Å². The van der Waals surface area contributed by atoms with Crippen molar-refractivity contribution in [1.29, 1.82) is 0 Å². The van der Waals surface area contributed by atoms with E-state index in [0.717, 1.165) is 6.42 Å².